The molecule has 0 aliphatic heterocycles. The van der Waals surface area contributed by atoms with Gasteiger partial charge in [-0.2, -0.15) is 0 Å². The van der Waals surface area contributed by atoms with E-state index in [2.05, 4.69) is 15.5 Å². The van der Waals surface area contributed by atoms with Crippen molar-refractivity contribution in [3.8, 4) is 11.5 Å². The third-order valence-corrected chi connectivity index (χ3v) is 4.17. The van der Waals surface area contributed by atoms with E-state index in [-0.39, 0.29) is 11.9 Å². The first-order chi connectivity index (χ1) is 11.4. The number of amides is 1. The summed E-state index contributed by atoms with van der Waals surface area (Å²) in [6.45, 7) is 8.04. The molecule has 3 aromatic rings. The monoisotopic (exact) mass is 321 g/mol. The van der Waals surface area contributed by atoms with Crippen LogP contribution in [0.25, 0.3) is 11.5 Å². The standard InChI is InChI=1S/C19H19N3O2/c1-11-5-7-15(9-13(11)3)17(23)20-19-22-21-18(24-19)16-8-6-12(2)14(4)10-16/h5-10H,1-4H3,(H,20,22,23). The smallest absolute Gasteiger partial charge is 0.322 e. The molecule has 0 fully saturated rings. The van der Waals surface area contributed by atoms with Gasteiger partial charge in [0.05, 0.1) is 0 Å². The van der Waals surface area contributed by atoms with Crippen molar-refractivity contribution >= 4 is 11.9 Å². The molecule has 2 aromatic carbocycles. The summed E-state index contributed by atoms with van der Waals surface area (Å²) in [4.78, 5) is 12.3. The Balaban J connectivity index is 1.79. The highest BCUT2D eigenvalue weighted by molar-refractivity contribution is 6.03. The summed E-state index contributed by atoms with van der Waals surface area (Å²) in [7, 11) is 0. The minimum absolute atomic E-state index is 0.0893. The van der Waals surface area contributed by atoms with E-state index in [1.807, 2.05) is 58.0 Å². The van der Waals surface area contributed by atoms with Gasteiger partial charge in [-0.1, -0.05) is 17.2 Å². The predicted octanol–water partition coefficient (Wildman–Crippen LogP) is 4.22. The summed E-state index contributed by atoms with van der Waals surface area (Å²) < 4.78 is 5.56. The summed E-state index contributed by atoms with van der Waals surface area (Å²) in [5.41, 5.74) is 5.93. The maximum atomic E-state index is 12.3. The van der Waals surface area contributed by atoms with Crippen LogP contribution in [0.2, 0.25) is 0 Å². The number of nitrogens with zero attached hydrogens (tertiary/aromatic N) is 2. The second-order valence-corrected chi connectivity index (χ2v) is 5.96. The third-order valence-electron chi connectivity index (χ3n) is 4.17. The Morgan fingerprint density at radius 1 is 0.875 bits per heavy atom. The van der Waals surface area contributed by atoms with Gasteiger partial charge < -0.3 is 4.42 Å². The first-order valence-corrected chi connectivity index (χ1v) is 7.74. The number of aromatic nitrogens is 2. The molecule has 122 valence electrons. The second kappa shape index (κ2) is 6.28. The van der Waals surface area contributed by atoms with E-state index in [0.717, 1.165) is 22.3 Å². The van der Waals surface area contributed by atoms with Crippen molar-refractivity contribution in [2.75, 3.05) is 5.32 Å². The van der Waals surface area contributed by atoms with Crippen molar-refractivity contribution in [2.45, 2.75) is 27.7 Å². The fraction of sp³-hybridized carbons (Fsp3) is 0.211. The van der Waals surface area contributed by atoms with Gasteiger partial charge in [-0.25, -0.2) is 0 Å². The van der Waals surface area contributed by atoms with Crippen molar-refractivity contribution < 1.29 is 9.21 Å². The van der Waals surface area contributed by atoms with Crippen LogP contribution in [0.1, 0.15) is 32.6 Å². The van der Waals surface area contributed by atoms with Crippen LogP contribution in [-0.4, -0.2) is 16.1 Å². The van der Waals surface area contributed by atoms with E-state index in [9.17, 15) is 4.79 Å². The molecule has 0 atom stereocenters. The highest BCUT2D eigenvalue weighted by Crippen LogP contribution is 2.22. The van der Waals surface area contributed by atoms with Gasteiger partial charge in [0.1, 0.15) is 0 Å². The summed E-state index contributed by atoms with van der Waals surface area (Å²) in [5, 5.41) is 10.5. The fourth-order valence-electron chi connectivity index (χ4n) is 2.32. The maximum Gasteiger partial charge on any atom is 0.322 e. The molecule has 1 N–H and O–H groups in total. The lowest BCUT2D eigenvalue weighted by atomic mass is 10.1. The Labute approximate surface area is 140 Å². The van der Waals surface area contributed by atoms with E-state index in [1.54, 1.807) is 6.07 Å². The van der Waals surface area contributed by atoms with Crippen LogP contribution >= 0.6 is 0 Å². The van der Waals surface area contributed by atoms with Crippen LogP contribution in [0.3, 0.4) is 0 Å². The molecule has 3 rings (SSSR count). The largest absolute Gasteiger partial charge is 0.403 e. The highest BCUT2D eigenvalue weighted by Gasteiger charge is 2.13. The lowest BCUT2D eigenvalue weighted by Gasteiger charge is -2.04. The van der Waals surface area contributed by atoms with Gasteiger partial charge in [-0.05, 0) is 74.2 Å². The Bertz CT molecular complexity index is 913. The van der Waals surface area contributed by atoms with Crippen molar-refractivity contribution in [1.82, 2.24) is 10.2 Å². The molecule has 0 unspecified atom stereocenters. The van der Waals surface area contributed by atoms with Gasteiger partial charge in [0.25, 0.3) is 5.91 Å². The molecule has 0 spiro atoms. The topological polar surface area (TPSA) is 68.0 Å². The van der Waals surface area contributed by atoms with E-state index in [4.69, 9.17) is 4.42 Å². The molecule has 0 bridgehead atoms. The number of nitrogens with one attached hydrogen (secondary N) is 1. The summed E-state index contributed by atoms with van der Waals surface area (Å²) in [6, 6.07) is 11.5. The number of aryl methyl sites for hydroxylation is 4. The molecular formula is C19H19N3O2. The molecule has 0 saturated carbocycles. The van der Waals surface area contributed by atoms with Gasteiger partial charge in [-0.3, -0.25) is 10.1 Å². The molecule has 0 radical (unpaired) electrons. The Morgan fingerprint density at radius 2 is 1.54 bits per heavy atom. The van der Waals surface area contributed by atoms with Crippen LogP contribution in [0.15, 0.2) is 40.8 Å². The van der Waals surface area contributed by atoms with Gasteiger partial charge in [0.15, 0.2) is 0 Å². The fourth-order valence-corrected chi connectivity index (χ4v) is 2.32. The number of anilines is 1. The minimum atomic E-state index is -0.270. The van der Waals surface area contributed by atoms with Gasteiger partial charge >= 0.3 is 6.01 Å². The third kappa shape index (κ3) is 3.20. The lowest BCUT2D eigenvalue weighted by Crippen LogP contribution is -2.12. The zero-order chi connectivity index (χ0) is 17.3. The van der Waals surface area contributed by atoms with Crippen molar-refractivity contribution in [1.29, 1.82) is 0 Å². The number of rotatable bonds is 3. The van der Waals surface area contributed by atoms with Crippen LogP contribution in [0.5, 0.6) is 0 Å². The quantitative estimate of drug-likeness (QED) is 0.784. The normalized spacial score (nSPS) is 10.7. The second-order valence-electron chi connectivity index (χ2n) is 5.96. The first-order valence-electron chi connectivity index (χ1n) is 7.74. The average molecular weight is 321 g/mol. The number of carbonyl (C=O) groups is 1. The summed E-state index contributed by atoms with van der Waals surface area (Å²) >= 11 is 0. The summed E-state index contributed by atoms with van der Waals surface area (Å²) in [5.74, 6) is 0.113. The average Bonchev–Trinajstić information content (AvgIpc) is 3.01. The number of benzene rings is 2. The SMILES string of the molecule is Cc1ccc(C(=O)Nc2nnc(-c3ccc(C)c(C)c3)o2)cc1C. The molecule has 1 heterocycles. The van der Waals surface area contributed by atoms with E-state index < -0.39 is 0 Å². The molecular weight excluding hydrogens is 302 g/mol. The van der Waals surface area contributed by atoms with Gasteiger partial charge in [-0.15, -0.1) is 5.10 Å². The van der Waals surface area contributed by atoms with E-state index in [1.165, 1.54) is 5.56 Å². The lowest BCUT2D eigenvalue weighted by molar-refractivity contribution is 0.102. The Morgan fingerprint density at radius 3 is 2.21 bits per heavy atom. The number of carbonyl (C=O) groups excluding carboxylic acids is 1. The van der Waals surface area contributed by atoms with E-state index in [0.29, 0.717) is 11.5 Å². The zero-order valence-electron chi connectivity index (χ0n) is 14.2. The Kier molecular flexibility index (Phi) is 4.16. The summed E-state index contributed by atoms with van der Waals surface area (Å²) in [6.07, 6.45) is 0. The van der Waals surface area contributed by atoms with Crippen LogP contribution in [-0.2, 0) is 0 Å². The van der Waals surface area contributed by atoms with Crippen molar-refractivity contribution in [2.24, 2.45) is 0 Å². The molecule has 0 aliphatic rings. The molecule has 1 amide bonds. The zero-order valence-corrected chi connectivity index (χ0v) is 14.2. The minimum Gasteiger partial charge on any atom is -0.403 e. The number of hydrogen-bond donors (Lipinski definition) is 1. The maximum absolute atomic E-state index is 12.3. The van der Waals surface area contributed by atoms with Crippen LogP contribution in [0, 0.1) is 27.7 Å². The van der Waals surface area contributed by atoms with E-state index >= 15 is 0 Å². The van der Waals surface area contributed by atoms with Crippen molar-refractivity contribution in [3.63, 3.8) is 0 Å². The predicted molar refractivity (Wildman–Crippen MR) is 93.1 cm³/mol. The van der Waals surface area contributed by atoms with Crippen molar-refractivity contribution in [3.05, 3.63) is 64.2 Å². The molecule has 24 heavy (non-hydrogen) atoms. The van der Waals surface area contributed by atoms with Gasteiger partial charge in [0.2, 0.25) is 5.89 Å². The molecule has 1 aromatic heterocycles. The first kappa shape index (κ1) is 15.9. The Hall–Kier alpha value is -2.95. The van der Waals surface area contributed by atoms with Crippen LogP contribution < -0.4 is 5.32 Å². The van der Waals surface area contributed by atoms with Crippen LogP contribution in [0.4, 0.5) is 6.01 Å². The van der Waals surface area contributed by atoms with Gasteiger partial charge in [0, 0.05) is 11.1 Å². The molecule has 0 saturated heterocycles. The molecule has 0 aliphatic carbocycles. The number of hydrogen-bond acceptors (Lipinski definition) is 4. The molecule has 5 nitrogen and oxygen atoms in total. The highest BCUT2D eigenvalue weighted by atomic mass is 16.4. The molecule has 5 heteroatoms.